The Bertz CT molecular complexity index is 581. The molecule has 0 saturated carbocycles. The Hall–Kier alpha value is -2.34. The number of nitro groups is 1. The lowest BCUT2D eigenvalue weighted by Crippen LogP contribution is -2.18. The second-order valence-electron chi connectivity index (χ2n) is 4.62. The number of rotatable bonds is 6. The van der Waals surface area contributed by atoms with Crippen LogP contribution in [-0.2, 0) is 13.1 Å². The van der Waals surface area contributed by atoms with Crippen LogP contribution in [0.4, 0.5) is 11.4 Å². The van der Waals surface area contributed by atoms with Gasteiger partial charge in [0, 0.05) is 31.8 Å². The number of anilines is 1. The molecule has 1 N–H and O–H groups in total. The van der Waals surface area contributed by atoms with Crippen LogP contribution in [0.3, 0.4) is 0 Å². The molecule has 1 aromatic carbocycles. The summed E-state index contributed by atoms with van der Waals surface area (Å²) in [4.78, 5) is 12.7. The average molecular weight is 275 g/mol. The zero-order valence-corrected chi connectivity index (χ0v) is 11.5. The van der Waals surface area contributed by atoms with Crippen molar-refractivity contribution in [2.75, 3.05) is 19.4 Å². The van der Waals surface area contributed by atoms with E-state index in [0.29, 0.717) is 12.2 Å². The molecule has 0 aliphatic heterocycles. The maximum absolute atomic E-state index is 11.0. The minimum atomic E-state index is -0.370. The second kappa shape index (κ2) is 6.21. The molecule has 0 atom stereocenters. The molecule has 0 amide bonds. The van der Waals surface area contributed by atoms with Gasteiger partial charge in [-0.3, -0.25) is 15.0 Å². The summed E-state index contributed by atoms with van der Waals surface area (Å²) in [5.74, 6) is 0. The molecule has 0 unspecified atom stereocenters. The number of furan rings is 1. The number of hydrogen-bond donors (Lipinski definition) is 1. The second-order valence-corrected chi connectivity index (χ2v) is 4.62. The summed E-state index contributed by atoms with van der Waals surface area (Å²) >= 11 is 0. The van der Waals surface area contributed by atoms with Gasteiger partial charge in [0.2, 0.25) is 0 Å². The number of nitrogens with one attached hydrogen (secondary N) is 1. The molecule has 20 heavy (non-hydrogen) atoms. The first-order chi connectivity index (χ1) is 9.61. The number of para-hydroxylation sites is 1. The van der Waals surface area contributed by atoms with E-state index in [1.165, 1.54) is 6.07 Å². The van der Waals surface area contributed by atoms with Gasteiger partial charge in [-0.1, -0.05) is 12.1 Å². The van der Waals surface area contributed by atoms with Crippen molar-refractivity contribution in [3.05, 3.63) is 58.0 Å². The highest BCUT2D eigenvalue weighted by Crippen LogP contribution is 2.28. The maximum Gasteiger partial charge on any atom is 0.292 e. The molecule has 0 spiro atoms. The van der Waals surface area contributed by atoms with E-state index in [1.807, 2.05) is 19.2 Å². The van der Waals surface area contributed by atoms with E-state index in [0.717, 1.165) is 17.7 Å². The van der Waals surface area contributed by atoms with E-state index in [4.69, 9.17) is 4.42 Å². The van der Waals surface area contributed by atoms with E-state index >= 15 is 0 Å². The highest BCUT2D eigenvalue weighted by molar-refractivity contribution is 5.66. The Balaban J connectivity index is 2.16. The number of nitro benzene ring substituents is 1. The fourth-order valence-electron chi connectivity index (χ4n) is 2.20. The molecule has 0 saturated heterocycles. The van der Waals surface area contributed by atoms with Crippen molar-refractivity contribution in [2.24, 2.45) is 0 Å². The summed E-state index contributed by atoms with van der Waals surface area (Å²) in [6.45, 7) is 1.34. The summed E-state index contributed by atoms with van der Waals surface area (Å²) < 4.78 is 5.03. The topological polar surface area (TPSA) is 71.5 Å². The molecule has 0 fully saturated rings. The molecule has 0 bridgehead atoms. The van der Waals surface area contributed by atoms with E-state index in [9.17, 15) is 10.1 Å². The van der Waals surface area contributed by atoms with E-state index in [1.54, 1.807) is 25.6 Å². The van der Waals surface area contributed by atoms with Crippen LogP contribution in [-0.4, -0.2) is 23.9 Å². The first-order valence-electron chi connectivity index (χ1n) is 6.25. The minimum absolute atomic E-state index is 0.0988. The Labute approximate surface area is 117 Å². The summed E-state index contributed by atoms with van der Waals surface area (Å²) in [5, 5.41) is 13.9. The molecule has 1 heterocycles. The van der Waals surface area contributed by atoms with Gasteiger partial charge in [-0.15, -0.1) is 0 Å². The maximum atomic E-state index is 11.0. The number of hydrogen-bond acceptors (Lipinski definition) is 5. The molecule has 2 aromatic rings. The third-order valence-corrected chi connectivity index (χ3v) is 3.05. The normalized spacial score (nSPS) is 10.8. The van der Waals surface area contributed by atoms with Crippen LogP contribution in [0, 0.1) is 10.1 Å². The van der Waals surface area contributed by atoms with Gasteiger partial charge in [0.15, 0.2) is 0 Å². The predicted molar refractivity (Wildman–Crippen MR) is 76.5 cm³/mol. The van der Waals surface area contributed by atoms with Gasteiger partial charge in [-0.25, -0.2) is 0 Å². The summed E-state index contributed by atoms with van der Waals surface area (Å²) in [6.07, 6.45) is 3.33. The molecule has 0 radical (unpaired) electrons. The van der Waals surface area contributed by atoms with Gasteiger partial charge in [-0.2, -0.15) is 0 Å². The van der Waals surface area contributed by atoms with Crippen LogP contribution >= 0.6 is 0 Å². The van der Waals surface area contributed by atoms with Gasteiger partial charge >= 0.3 is 0 Å². The summed E-state index contributed by atoms with van der Waals surface area (Å²) in [6, 6.07) is 7.01. The first-order valence-corrected chi connectivity index (χ1v) is 6.25. The van der Waals surface area contributed by atoms with Crippen LogP contribution in [0.5, 0.6) is 0 Å². The van der Waals surface area contributed by atoms with Crippen LogP contribution in [0.15, 0.2) is 41.2 Å². The molecular formula is C14H17N3O3. The lowest BCUT2D eigenvalue weighted by Gasteiger charge is -2.18. The monoisotopic (exact) mass is 275 g/mol. The number of nitrogens with zero attached hydrogens (tertiary/aromatic N) is 2. The van der Waals surface area contributed by atoms with Crippen molar-refractivity contribution in [2.45, 2.75) is 13.1 Å². The zero-order chi connectivity index (χ0) is 14.5. The minimum Gasteiger partial charge on any atom is -0.472 e. The lowest BCUT2D eigenvalue weighted by molar-refractivity contribution is -0.384. The Morgan fingerprint density at radius 1 is 1.35 bits per heavy atom. The molecule has 6 nitrogen and oxygen atoms in total. The largest absolute Gasteiger partial charge is 0.472 e. The number of benzene rings is 1. The van der Waals surface area contributed by atoms with Gasteiger partial charge in [-0.05, 0) is 18.7 Å². The lowest BCUT2D eigenvalue weighted by atomic mass is 10.1. The van der Waals surface area contributed by atoms with Crippen LogP contribution in [0.1, 0.15) is 11.1 Å². The molecule has 106 valence electrons. The van der Waals surface area contributed by atoms with Crippen LogP contribution in [0.25, 0.3) is 0 Å². The van der Waals surface area contributed by atoms with Crippen molar-refractivity contribution < 1.29 is 9.34 Å². The fraction of sp³-hybridized carbons (Fsp3) is 0.286. The molecule has 2 rings (SSSR count). The van der Waals surface area contributed by atoms with E-state index in [2.05, 4.69) is 10.2 Å². The van der Waals surface area contributed by atoms with E-state index in [-0.39, 0.29) is 10.6 Å². The SMILES string of the molecule is CNc1c(CN(C)Cc2ccoc2)cccc1[N+](=O)[O-]. The smallest absolute Gasteiger partial charge is 0.292 e. The Kier molecular flexibility index (Phi) is 4.37. The van der Waals surface area contributed by atoms with Gasteiger partial charge in [0.1, 0.15) is 5.69 Å². The third kappa shape index (κ3) is 3.16. The molecule has 0 aliphatic rings. The van der Waals surface area contributed by atoms with Crippen molar-refractivity contribution in [3.63, 3.8) is 0 Å². The first kappa shape index (κ1) is 14.1. The molecule has 1 aromatic heterocycles. The van der Waals surface area contributed by atoms with Gasteiger partial charge in [0.05, 0.1) is 17.4 Å². The van der Waals surface area contributed by atoms with Crippen LogP contribution in [0.2, 0.25) is 0 Å². The highest BCUT2D eigenvalue weighted by atomic mass is 16.6. The Morgan fingerprint density at radius 2 is 2.15 bits per heavy atom. The zero-order valence-electron chi connectivity index (χ0n) is 11.5. The summed E-state index contributed by atoms with van der Waals surface area (Å²) in [5.41, 5.74) is 2.63. The average Bonchev–Trinajstić information content (AvgIpc) is 2.91. The van der Waals surface area contributed by atoms with Gasteiger partial charge in [0.25, 0.3) is 5.69 Å². The van der Waals surface area contributed by atoms with Crippen molar-refractivity contribution in [3.8, 4) is 0 Å². The fourth-order valence-corrected chi connectivity index (χ4v) is 2.20. The molecular weight excluding hydrogens is 258 g/mol. The van der Waals surface area contributed by atoms with Gasteiger partial charge < -0.3 is 9.73 Å². The van der Waals surface area contributed by atoms with Crippen molar-refractivity contribution in [1.29, 1.82) is 0 Å². The van der Waals surface area contributed by atoms with E-state index < -0.39 is 0 Å². The van der Waals surface area contributed by atoms with Crippen molar-refractivity contribution >= 4 is 11.4 Å². The standard InChI is InChI=1S/C14H17N3O3/c1-15-14-12(4-3-5-13(14)17(18)19)9-16(2)8-11-6-7-20-10-11/h3-7,10,15H,8-9H2,1-2H3. The quantitative estimate of drug-likeness (QED) is 0.648. The predicted octanol–water partition coefficient (Wildman–Crippen LogP) is 2.86. The Morgan fingerprint density at radius 3 is 2.75 bits per heavy atom. The molecule has 6 heteroatoms. The molecule has 0 aliphatic carbocycles. The summed E-state index contributed by atoms with van der Waals surface area (Å²) in [7, 11) is 3.66. The third-order valence-electron chi connectivity index (χ3n) is 3.05. The van der Waals surface area contributed by atoms with Crippen LogP contribution < -0.4 is 5.32 Å². The van der Waals surface area contributed by atoms with Crippen molar-refractivity contribution in [1.82, 2.24) is 4.90 Å². The highest BCUT2D eigenvalue weighted by Gasteiger charge is 2.17.